The van der Waals surface area contributed by atoms with Crippen LogP contribution < -0.4 is 15.4 Å². The summed E-state index contributed by atoms with van der Waals surface area (Å²) in [5.74, 6) is 0.834. The third-order valence-corrected chi connectivity index (χ3v) is 5.17. The van der Waals surface area contributed by atoms with E-state index in [4.69, 9.17) is 0 Å². The van der Waals surface area contributed by atoms with Gasteiger partial charge in [-0.25, -0.2) is 4.98 Å². The fourth-order valence-corrected chi connectivity index (χ4v) is 3.55. The highest BCUT2D eigenvalue weighted by Gasteiger charge is 2.52. The average molecular weight is 349 g/mol. The van der Waals surface area contributed by atoms with Crippen molar-refractivity contribution in [1.82, 2.24) is 19.9 Å². The van der Waals surface area contributed by atoms with Gasteiger partial charge in [0.05, 0.1) is 5.69 Å². The Morgan fingerprint density at radius 1 is 1.36 bits per heavy atom. The smallest absolute Gasteiger partial charge is 0.389 e. The van der Waals surface area contributed by atoms with E-state index < -0.39 is 6.61 Å². The van der Waals surface area contributed by atoms with Gasteiger partial charge in [-0.15, -0.1) is 0 Å². The van der Waals surface area contributed by atoms with Gasteiger partial charge < -0.3 is 19.9 Å². The summed E-state index contributed by atoms with van der Waals surface area (Å²) in [6.45, 7) is 1.02. The Labute approximate surface area is 144 Å². The molecule has 0 aromatic carbocycles. The minimum Gasteiger partial charge on any atom is -0.402 e. The van der Waals surface area contributed by atoms with E-state index in [1.165, 1.54) is 17.4 Å². The summed E-state index contributed by atoms with van der Waals surface area (Å²) < 4.78 is 30.7. The van der Waals surface area contributed by atoms with Crippen molar-refractivity contribution in [2.45, 2.75) is 32.4 Å². The van der Waals surface area contributed by atoms with Crippen LogP contribution in [0.1, 0.15) is 18.5 Å². The molecule has 1 aliphatic carbocycles. The number of aromatic nitrogens is 3. The van der Waals surface area contributed by atoms with Gasteiger partial charge in [-0.3, -0.25) is 0 Å². The van der Waals surface area contributed by atoms with Gasteiger partial charge >= 0.3 is 12.6 Å². The molecule has 1 saturated heterocycles. The minimum atomic E-state index is -2.89. The maximum absolute atomic E-state index is 12.4. The Bertz CT molecular complexity index is 787. The Balaban J connectivity index is 1.54. The molecular weight excluding hydrogens is 328 g/mol. The summed E-state index contributed by atoms with van der Waals surface area (Å²) in [6, 6.07) is 4.13. The zero-order valence-electron chi connectivity index (χ0n) is 14.2. The van der Waals surface area contributed by atoms with E-state index in [1.54, 1.807) is 13.2 Å². The molecule has 25 heavy (non-hydrogen) atoms. The first kappa shape index (κ1) is 16.3. The van der Waals surface area contributed by atoms with Crippen molar-refractivity contribution in [2.24, 2.45) is 12.5 Å². The number of rotatable bonds is 5. The van der Waals surface area contributed by atoms with Gasteiger partial charge in [0.25, 0.3) is 0 Å². The van der Waals surface area contributed by atoms with Gasteiger partial charge in [0.15, 0.2) is 0 Å². The van der Waals surface area contributed by atoms with Gasteiger partial charge in [-0.2, -0.15) is 13.8 Å². The highest BCUT2D eigenvalue weighted by Crippen LogP contribution is 2.51. The molecule has 3 heterocycles. The standard InChI is InChI=1S/C17H21F2N5O/c1-10-11(12-8-24(2)16(22-12)25-15(18)19)3-4-14(21-10)23-13-7-20-9-17(13)5-6-17/h3-4,8,13,15,20H,5-7,9H2,1-2H3,(H,21,23)/t13-/m1/s1. The number of imidazole rings is 1. The van der Waals surface area contributed by atoms with Crippen LogP contribution in [0.4, 0.5) is 14.6 Å². The number of alkyl halides is 2. The van der Waals surface area contributed by atoms with Crippen molar-refractivity contribution in [3.8, 4) is 17.3 Å². The molecule has 4 rings (SSSR count). The predicted octanol–water partition coefficient (Wildman–Crippen LogP) is 2.56. The normalized spacial score (nSPS) is 21.1. The SMILES string of the molecule is Cc1nc(N[C@@H]2CNCC23CC3)ccc1-c1cn(C)c(OC(F)F)n1. The molecule has 2 fully saturated rings. The molecule has 134 valence electrons. The van der Waals surface area contributed by atoms with Crippen LogP contribution in [-0.4, -0.2) is 40.3 Å². The second kappa shape index (κ2) is 5.94. The number of anilines is 1. The molecule has 2 aromatic heterocycles. The first-order valence-electron chi connectivity index (χ1n) is 8.40. The summed E-state index contributed by atoms with van der Waals surface area (Å²) in [6.07, 6.45) is 4.18. The molecule has 8 heteroatoms. The Morgan fingerprint density at radius 2 is 2.16 bits per heavy atom. The minimum absolute atomic E-state index is 0.112. The summed E-state index contributed by atoms with van der Waals surface area (Å²) in [5, 5.41) is 6.98. The van der Waals surface area contributed by atoms with Crippen LogP contribution in [-0.2, 0) is 7.05 Å². The van der Waals surface area contributed by atoms with Crippen molar-refractivity contribution in [3.05, 3.63) is 24.0 Å². The summed E-state index contributed by atoms with van der Waals surface area (Å²) in [4.78, 5) is 8.77. The van der Waals surface area contributed by atoms with Gasteiger partial charge in [-0.1, -0.05) is 0 Å². The molecule has 2 N–H and O–H groups in total. The first-order valence-corrected chi connectivity index (χ1v) is 8.40. The third-order valence-electron chi connectivity index (χ3n) is 5.17. The number of halogens is 2. The summed E-state index contributed by atoms with van der Waals surface area (Å²) in [5.41, 5.74) is 2.56. The highest BCUT2D eigenvalue weighted by atomic mass is 19.3. The van der Waals surface area contributed by atoms with Crippen LogP contribution in [0.2, 0.25) is 0 Å². The second-order valence-electron chi connectivity index (χ2n) is 6.92. The summed E-state index contributed by atoms with van der Waals surface area (Å²) >= 11 is 0. The molecule has 2 aliphatic rings. The number of pyridine rings is 1. The molecular formula is C17H21F2N5O. The zero-order valence-corrected chi connectivity index (χ0v) is 14.2. The fourth-order valence-electron chi connectivity index (χ4n) is 3.55. The van der Waals surface area contributed by atoms with Gasteiger partial charge in [0.2, 0.25) is 0 Å². The molecule has 2 aromatic rings. The Kier molecular flexibility index (Phi) is 3.87. The summed E-state index contributed by atoms with van der Waals surface area (Å²) in [7, 11) is 1.62. The van der Waals surface area contributed by atoms with E-state index in [2.05, 4.69) is 25.3 Å². The van der Waals surface area contributed by atoms with Crippen LogP contribution >= 0.6 is 0 Å². The Hall–Kier alpha value is -2.22. The lowest BCUT2D eigenvalue weighted by atomic mass is 10.0. The number of ether oxygens (including phenoxy) is 1. The van der Waals surface area contributed by atoms with E-state index in [0.29, 0.717) is 17.2 Å². The number of hydrogen-bond acceptors (Lipinski definition) is 5. The highest BCUT2D eigenvalue weighted by molar-refractivity contribution is 5.63. The van der Waals surface area contributed by atoms with Gasteiger partial charge in [0.1, 0.15) is 5.82 Å². The quantitative estimate of drug-likeness (QED) is 0.869. The third kappa shape index (κ3) is 3.06. The monoisotopic (exact) mass is 349 g/mol. The molecule has 0 bridgehead atoms. The molecule has 0 unspecified atom stereocenters. The average Bonchev–Trinajstić information content (AvgIpc) is 3.10. The molecule has 1 atom stereocenters. The fraction of sp³-hybridized carbons (Fsp3) is 0.529. The first-order chi connectivity index (χ1) is 12.0. The van der Waals surface area contributed by atoms with E-state index in [0.717, 1.165) is 30.2 Å². The van der Waals surface area contributed by atoms with E-state index >= 15 is 0 Å². The predicted molar refractivity (Wildman–Crippen MR) is 89.8 cm³/mol. The molecule has 0 amide bonds. The number of nitrogens with one attached hydrogen (secondary N) is 2. The maximum atomic E-state index is 12.4. The molecule has 1 aliphatic heterocycles. The Morgan fingerprint density at radius 3 is 2.84 bits per heavy atom. The number of aryl methyl sites for hydroxylation is 2. The van der Waals surface area contributed by atoms with Crippen molar-refractivity contribution < 1.29 is 13.5 Å². The van der Waals surface area contributed by atoms with Crippen LogP contribution in [0.5, 0.6) is 6.01 Å². The zero-order chi connectivity index (χ0) is 17.6. The van der Waals surface area contributed by atoms with Crippen molar-refractivity contribution in [1.29, 1.82) is 0 Å². The molecule has 6 nitrogen and oxygen atoms in total. The van der Waals surface area contributed by atoms with E-state index in [9.17, 15) is 8.78 Å². The largest absolute Gasteiger partial charge is 0.402 e. The van der Waals surface area contributed by atoms with Crippen LogP contribution in [0.25, 0.3) is 11.3 Å². The molecule has 1 spiro atoms. The van der Waals surface area contributed by atoms with Gasteiger partial charge in [-0.05, 0) is 31.9 Å². The van der Waals surface area contributed by atoms with Crippen molar-refractivity contribution in [2.75, 3.05) is 18.4 Å². The number of nitrogens with zero attached hydrogens (tertiary/aromatic N) is 3. The van der Waals surface area contributed by atoms with E-state index in [-0.39, 0.29) is 6.01 Å². The lowest BCUT2D eigenvalue weighted by Crippen LogP contribution is -2.29. The topological polar surface area (TPSA) is 64.0 Å². The van der Waals surface area contributed by atoms with Crippen LogP contribution in [0, 0.1) is 12.3 Å². The lowest BCUT2D eigenvalue weighted by Gasteiger charge is -2.20. The van der Waals surface area contributed by atoms with Gasteiger partial charge in [0, 0.05) is 49.0 Å². The lowest BCUT2D eigenvalue weighted by molar-refractivity contribution is -0.0577. The maximum Gasteiger partial charge on any atom is 0.389 e. The molecule has 1 saturated carbocycles. The van der Waals surface area contributed by atoms with E-state index in [1.807, 2.05) is 19.1 Å². The van der Waals surface area contributed by atoms with Crippen LogP contribution in [0.3, 0.4) is 0 Å². The van der Waals surface area contributed by atoms with Crippen molar-refractivity contribution in [3.63, 3.8) is 0 Å². The second-order valence-corrected chi connectivity index (χ2v) is 6.92. The van der Waals surface area contributed by atoms with Crippen LogP contribution in [0.15, 0.2) is 18.3 Å². The number of hydrogen-bond donors (Lipinski definition) is 2. The molecule has 0 radical (unpaired) electrons. The van der Waals surface area contributed by atoms with Crippen molar-refractivity contribution >= 4 is 5.82 Å².